The fourth-order valence-corrected chi connectivity index (χ4v) is 6.53. The number of aromatic nitrogens is 5. The SMILES string of the molecule is C=CC12C=[N+](c3nc(OCC4CCCN4C)nc4cc(-c5c(C)c(C)cc6[nH]ncc56)ncc34)CC(CC1)N2. The average Bonchev–Trinajstić information content (AvgIpc) is 3.65. The number of aryl methyl sites for hydroxylation is 1. The molecule has 0 spiro atoms. The fraction of sp³-hybridized carbons (Fsp3) is 0.433. The van der Waals surface area contributed by atoms with Crippen LogP contribution in [0.4, 0.5) is 5.82 Å². The van der Waals surface area contributed by atoms with Crippen LogP contribution >= 0.6 is 0 Å². The van der Waals surface area contributed by atoms with Crippen molar-refractivity contribution in [2.45, 2.75) is 57.2 Å². The van der Waals surface area contributed by atoms with Crippen LogP contribution in [0.3, 0.4) is 0 Å². The van der Waals surface area contributed by atoms with E-state index in [2.05, 4.69) is 70.8 Å². The van der Waals surface area contributed by atoms with Gasteiger partial charge in [-0.25, -0.2) is 4.58 Å². The molecule has 2 fully saturated rings. The van der Waals surface area contributed by atoms with Crippen LogP contribution in [0.1, 0.15) is 36.8 Å². The van der Waals surface area contributed by atoms with E-state index in [9.17, 15) is 0 Å². The lowest BCUT2D eigenvalue weighted by Crippen LogP contribution is -2.51. The highest BCUT2D eigenvalue weighted by molar-refractivity contribution is 5.98. The van der Waals surface area contributed by atoms with Crippen molar-refractivity contribution in [2.24, 2.45) is 0 Å². The molecular weight excluding hydrogens is 488 g/mol. The van der Waals surface area contributed by atoms with Gasteiger partial charge in [0.15, 0.2) is 0 Å². The summed E-state index contributed by atoms with van der Waals surface area (Å²) in [5.41, 5.74) is 5.93. The predicted octanol–water partition coefficient (Wildman–Crippen LogP) is 4.06. The molecule has 0 radical (unpaired) electrons. The Labute approximate surface area is 228 Å². The fourth-order valence-electron chi connectivity index (χ4n) is 6.53. The van der Waals surface area contributed by atoms with Gasteiger partial charge in [0.05, 0.1) is 34.7 Å². The smallest absolute Gasteiger partial charge is 0.434 e. The number of aromatic amines is 1. The summed E-state index contributed by atoms with van der Waals surface area (Å²) in [7, 11) is 2.16. The van der Waals surface area contributed by atoms with E-state index in [0.717, 1.165) is 71.2 Å². The number of nitrogens with one attached hydrogen (secondary N) is 2. The topological polar surface area (TPSA) is 94.9 Å². The van der Waals surface area contributed by atoms with E-state index in [4.69, 9.17) is 19.7 Å². The minimum atomic E-state index is -0.216. The molecule has 7 rings (SSSR count). The highest BCUT2D eigenvalue weighted by Gasteiger charge is 2.42. The third kappa shape index (κ3) is 4.11. The van der Waals surface area contributed by atoms with Gasteiger partial charge >= 0.3 is 11.8 Å². The first-order valence-electron chi connectivity index (χ1n) is 13.9. The zero-order valence-corrected chi connectivity index (χ0v) is 22.9. The van der Waals surface area contributed by atoms with E-state index in [-0.39, 0.29) is 5.54 Å². The van der Waals surface area contributed by atoms with E-state index < -0.39 is 0 Å². The molecule has 0 saturated carbocycles. The van der Waals surface area contributed by atoms with E-state index in [1.165, 1.54) is 17.5 Å². The predicted molar refractivity (Wildman–Crippen MR) is 153 cm³/mol. The quantitative estimate of drug-likeness (QED) is 0.291. The Morgan fingerprint density at radius 3 is 2.92 bits per heavy atom. The lowest BCUT2D eigenvalue weighted by Gasteiger charge is -2.27. The third-order valence-electron chi connectivity index (χ3n) is 8.96. The monoisotopic (exact) mass is 523 g/mol. The lowest BCUT2D eigenvalue weighted by molar-refractivity contribution is -0.448. The second-order valence-corrected chi connectivity index (χ2v) is 11.4. The zero-order chi connectivity index (χ0) is 26.7. The number of likely N-dealkylation sites (tertiary alicyclic amines) is 1. The van der Waals surface area contributed by atoms with E-state index >= 15 is 0 Å². The van der Waals surface area contributed by atoms with Gasteiger partial charge in [-0.2, -0.15) is 10.1 Å². The normalized spacial score (nSPS) is 24.9. The van der Waals surface area contributed by atoms with Gasteiger partial charge in [0.2, 0.25) is 0 Å². The molecule has 4 aromatic rings. The van der Waals surface area contributed by atoms with E-state index in [0.29, 0.717) is 24.7 Å². The van der Waals surface area contributed by atoms with Gasteiger partial charge in [-0.1, -0.05) is 6.08 Å². The largest absolute Gasteiger partial charge is 0.443 e. The molecule has 1 aromatic carbocycles. The van der Waals surface area contributed by atoms with Crippen molar-refractivity contribution in [1.29, 1.82) is 0 Å². The molecule has 3 aliphatic heterocycles. The molecule has 0 amide bonds. The van der Waals surface area contributed by atoms with Crippen molar-refractivity contribution in [1.82, 2.24) is 35.4 Å². The molecular formula is C30H35N8O+. The van der Waals surface area contributed by atoms with Crippen molar-refractivity contribution in [3.63, 3.8) is 0 Å². The Morgan fingerprint density at radius 1 is 1.21 bits per heavy atom. The maximum atomic E-state index is 6.29. The Kier molecular flexibility index (Phi) is 5.75. The molecule has 3 unspecified atom stereocenters. The zero-order valence-electron chi connectivity index (χ0n) is 22.9. The maximum absolute atomic E-state index is 6.29. The van der Waals surface area contributed by atoms with Crippen LogP contribution < -0.4 is 10.1 Å². The highest BCUT2D eigenvalue weighted by atomic mass is 16.5. The van der Waals surface area contributed by atoms with Crippen LogP contribution in [-0.4, -0.2) is 85.2 Å². The van der Waals surface area contributed by atoms with Gasteiger partial charge in [-0.15, -0.1) is 6.58 Å². The molecule has 9 heteroatoms. The van der Waals surface area contributed by atoms with Crippen LogP contribution in [0.5, 0.6) is 6.01 Å². The number of pyridine rings is 1. The van der Waals surface area contributed by atoms with E-state index in [1.807, 2.05) is 18.5 Å². The number of ether oxygens (including phenoxy) is 1. The number of benzene rings is 1. The van der Waals surface area contributed by atoms with Crippen molar-refractivity contribution >= 4 is 33.8 Å². The van der Waals surface area contributed by atoms with Crippen molar-refractivity contribution < 1.29 is 9.31 Å². The molecule has 200 valence electrons. The second kappa shape index (κ2) is 9.20. The molecule has 3 atom stereocenters. The van der Waals surface area contributed by atoms with Gasteiger partial charge in [0.25, 0.3) is 0 Å². The average molecular weight is 524 g/mol. The maximum Gasteiger partial charge on any atom is 0.434 e. The first-order valence-corrected chi connectivity index (χ1v) is 13.9. The van der Waals surface area contributed by atoms with Crippen molar-refractivity contribution in [3.05, 3.63) is 48.3 Å². The van der Waals surface area contributed by atoms with Crippen molar-refractivity contribution in [3.8, 4) is 17.3 Å². The second-order valence-electron chi connectivity index (χ2n) is 11.4. The van der Waals surface area contributed by atoms with Crippen LogP contribution in [-0.2, 0) is 0 Å². The van der Waals surface area contributed by atoms with Gasteiger partial charge in [-0.05, 0) is 76.4 Å². The van der Waals surface area contributed by atoms with Gasteiger partial charge in [0, 0.05) is 34.2 Å². The van der Waals surface area contributed by atoms with Crippen molar-refractivity contribution in [2.75, 3.05) is 26.7 Å². The number of hydrogen-bond donors (Lipinski definition) is 2. The number of hydrogen-bond acceptors (Lipinski definition) is 7. The number of likely N-dealkylation sites (N-methyl/N-ethyl adjacent to an activating group) is 1. The number of nitrogens with zero attached hydrogens (tertiary/aromatic N) is 6. The Morgan fingerprint density at radius 2 is 2.10 bits per heavy atom. The summed E-state index contributed by atoms with van der Waals surface area (Å²) in [5, 5.41) is 13.1. The summed E-state index contributed by atoms with van der Waals surface area (Å²) >= 11 is 0. The van der Waals surface area contributed by atoms with E-state index in [1.54, 1.807) is 0 Å². The molecule has 0 aliphatic carbocycles. The summed E-state index contributed by atoms with van der Waals surface area (Å²) in [5.74, 6) is 0.836. The number of rotatable bonds is 6. The number of fused-ring (bicyclic) bond motifs is 4. The van der Waals surface area contributed by atoms with Gasteiger partial charge < -0.3 is 9.64 Å². The van der Waals surface area contributed by atoms with Crippen LogP contribution in [0.25, 0.3) is 33.1 Å². The molecule has 2 N–H and O–H groups in total. The molecule has 39 heavy (non-hydrogen) atoms. The van der Waals surface area contributed by atoms with Crippen LogP contribution in [0.2, 0.25) is 0 Å². The molecule has 6 heterocycles. The Bertz CT molecular complexity index is 1640. The standard InChI is InChI=1S/C30H35N8O/c1-5-30-9-8-20(35-30)15-38(17-30)28-23-13-31-26(27-19(3)18(2)11-25-22(27)14-32-36-25)12-24(23)33-29(34-28)39-16-21-7-6-10-37(21)4/h5,11-14,17,20-21,35H,1,6-10,15-16H2,2-4H3,(H,32,36)/q+1. The first kappa shape index (κ1) is 24.4. The summed E-state index contributed by atoms with van der Waals surface area (Å²) in [6.07, 6.45) is 12.5. The molecule has 2 bridgehead atoms. The van der Waals surface area contributed by atoms with Gasteiger partial charge in [-0.3, -0.25) is 15.4 Å². The summed E-state index contributed by atoms with van der Waals surface area (Å²) in [4.78, 5) is 17.2. The summed E-state index contributed by atoms with van der Waals surface area (Å²) in [6, 6.07) is 5.39. The highest BCUT2D eigenvalue weighted by Crippen LogP contribution is 2.36. The van der Waals surface area contributed by atoms with Gasteiger partial charge in [0.1, 0.15) is 18.5 Å². The van der Waals surface area contributed by atoms with Crippen LogP contribution in [0.15, 0.2) is 37.2 Å². The molecule has 3 aliphatic rings. The molecule has 9 nitrogen and oxygen atoms in total. The number of H-pyrrole nitrogens is 1. The third-order valence-corrected chi connectivity index (χ3v) is 8.96. The summed E-state index contributed by atoms with van der Waals surface area (Å²) < 4.78 is 8.54. The Balaban J connectivity index is 1.37. The summed E-state index contributed by atoms with van der Waals surface area (Å²) in [6.45, 7) is 10.9. The minimum Gasteiger partial charge on any atom is -0.443 e. The molecule has 3 aromatic heterocycles. The first-order chi connectivity index (χ1) is 18.9. The minimum absolute atomic E-state index is 0.216. The Hall–Kier alpha value is -3.69. The van der Waals surface area contributed by atoms with Crippen LogP contribution in [0, 0.1) is 13.8 Å². The lowest BCUT2D eigenvalue weighted by atomic mass is 9.96. The molecule has 2 saturated heterocycles.